The van der Waals surface area contributed by atoms with Crippen LogP contribution in [0, 0.1) is 0 Å². The Labute approximate surface area is 74.5 Å². The van der Waals surface area contributed by atoms with Gasteiger partial charge in [-0.15, -0.1) is 0 Å². The molecule has 0 amide bonds. The van der Waals surface area contributed by atoms with Crippen molar-refractivity contribution in [1.29, 1.82) is 0 Å². The van der Waals surface area contributed by atoms with Crippen molar-refractivity contribution in [2.45, 2.75) is 37.8 Å². The summed E-state index contributed by atoms with van der Waals surface area (Å²) in [5.74, 6) is 0. The third-order valence-corrected chi connectivity index (χ3v) is 3.05. The number of nitrogens with zero attached hydrogens (tertiary/aromatic N) is 1. The standard InChI is InChI=1S/C9H20N2O/c1-3-11(2)8-4-5-9(10,6-8)7-12/h8,12H,3-7,10H2,1-2H3. The lowest BCUT2D eigenvalue weighted by atomic mass is 10.0. The van der Waals surface area contributed by atoms with E-state index in [4.69, 9.17) is 10.8 Å². The van der Waals surface area contributed by atoms with E-state index in [1.807, 2.05) is 0 Å². The van der Waals surface area contributed by atoms with Gasteiger partial charge in [0.05, 0.1) is 6.61 Å². The first kappa shape index (κ1) is 9.96. The number of aliphatic hydroxyl groups excluding tert-OH is 1. The topological polar surface area (TPSA) is 49.5 Å². The highest BCUT2D eigenvalue weighted by Crippen LogP contribution is 2.29. The molecular formula is C9H20N2O. The van der Waals surface area contributed by atoms with Gasteiger partial charge in [0.2, 0.25) is 0 Å². The van der Waals surface area contributed by atoms with Crippen molar-refractivity contribution in [3.05, 3.63) is 0 Å². The highest BCUT2D eigenvalue weighted by atomic mass is 16.3. The van der Waals surface area contributed by atoms with Crippen LogP contribution in [0.15, 0.2) is 0 Å². The van der Waals surface area contributed by atoms with Gasteiger partial charge in [0.25, 0.3) is 0 Å². The molecule has 72 valence electrons. The molecule has 3 nitrogen and oxygen atoms in total. The van der Waals surface area contributed by atoms with E-state index in [1.165, 1.54) is 0 Å². The van der Waals surface area contributed by atoms with Crippen molar-refractivity contribution in [3.8, 4) is 0 Å². The molecule has 1 aliphatic rings. The second kappa shape index (κ2) is 3.73. The Balaban J connectivity index is 2.45. The van der Waals surface area contributed by atoms with Gasteiger partial charge in [-0.25, -0.2) is 0 Å². The molecule has 12 heavy (non-hydrogen) atoms. The number of aliphatic hydroxyl groups is 1. The predicted molar refractivity (Wildman–Crippen MR) is 49.9 cm³/mol. The SMILES string of the molecule is CCN(C)C1CCC(N)(CO)C1. The molecule has 0 aromatic heterocycles. The van der Waals surface area contributed by atoms with Crippen molar-refractivity contribution in [3.63, 3.8) is 0 Å². The number of nitrogens with two attached hydrogens (primary N) is 1. The third-order valence-electron chi connectivity index (χ3n) is 3.05. The molecule has 3 N–H and O–H groups in total. The van der Waals surface area contributed by atoms with Gasteiger partial charge in [-0.1, -0.05) is 6.92 Å². The molecule has 1 rings (SSSR count). The van der Waals surface area contributed by atoms with E-state index in [9.17, 15) is 0 Å². The van der Waals surface area contributed by atoms with Crippen LogP contribution in [0.5, 0.6) is 0 Å². The Morgan fingerprint density at radius 3 is 2.75 bits per heavy atom. The molecule has 0 aromatic rings. The summed E-state index contributed by atoms with van der Waals surface area (Å²) in [6.07, 6.45) is 3.02. The van der Waals surface area contributed by atoms with Crippen LogP contribution in [-0.2, 0) is 0 Å². The minimum absolute atomic E-state index is 0.126. The Bertz CT molecular complexity index is 151. The lowest BCUT2D eigenvalue weighted by molar-refractivity contribution is 0.183. The normalized spacial score (nSPS) is 36.2. The summed E-state index contributed by atoms with van der Waals surface area (Å²) in [6, 6.07) is 0.576. The van der Waals surface area contributed by atoms with Crippen LogP contribution in [0.2, 0.25) is 0 Å². The van der Waals surface area contributed by atoms with E-state index < -0.39 is 0 Å². The highest BCUT2D eigenvalue weighted by molar-refractivity contribution is 4.96. The van der Waals surface area contributed by atoms with E-state index >= 15 is 0 Å². The molecule has 0 heterocycles. The summed E-state index contributed by atoms with van der Waals surface area (Å²) >= 11 is 0. The summed E-state index contributed by atoms with van der Waals surface area (Å²) in [6.45, 7) is 3.34. The molecule has 2 atom stereocenters. The van der Waals surface area contributed by atoms with Gasteiger partial charge in [-0.2, -0.15) is 0 Å². The molecule has 1 saturated carbocycles. The molecule has 0 bridgehead atoms. The molecule has 0 aliphatic heterocycles. The molecule has 2 unspecified atom stereocenters. The Morgan fingerprint density at radius 2 is 2.33 bits per heavy atom. The molecule has 3 heteroatoms. The lowest BCUT2D eigenvalue weighted by Gasteiger charge is -2.25. The molecule has 0 radical (unpaired) electrons. The van der Waals surface area contributed by atoms with Crippen molar-refractivity contribution >= 4 is 0 Å². The predicted octanol–water partition coefficient (Wildman–Crippen LogP) is 0.180. The van der Waals surface area contributed by atoms with Crippen LogP contribution in [-0.4, -0.2) is 41.8 Å². The Morgan fingerprint density at radius 1 is 1.67 bits per heavy atom. The maximum atomic E-state index is 9.05. The zero-order valence-electron chi connectivity index (χ0n) is 8.08. The second-order valence-corrected chi connectivity index (χ2v) is 3.99. The van der Waals surface area contributed by atoms with E-state index in [1.54, 1.807) is 0 Å². The fraction of sp³-hybridized carbons (Fsp3) is 1.00. The van der Waals surface area contributed by atoms with Crippen molar-refractivity contribution in [1.82, 2.24) is 4.90 Å². The van der Waals surface area contributed by atoms with Crippen molar-refractivity contribution in [2.75, 3.05) is 20.2 Å². The molecule has 1 fully saturated rings. The molecule has 0 saturated heterocycles. The highest BCUT2D eigenvalue weighted by Gasteiger charge is 2.36. The summed E-state index contributed by atoms with van der Waals surface area (Å²) in [5, 5.41) is 9.05. The van der Waals surface area contributed by atoms with Crippen LogP contribution in [0.1, 0.15) is 26.2 Å². The smallest absolute Gasteiger partial charge is 0.0611 e. The average molecular weight is 172 g/mol. The maximum absolute atomic E-state index is 9.05. The summed E-state index contributed by atoms with van der Waals surface area (Å²) in [7, 11) is 2.12. The summed E-state index contributed by atoms with van der Waals surface area (Å²) < 4.78 is 0. The first-order valence-corrected chi connectivity index (χ1v) is 4.71. The van der Waals surface area contributed by atoms with Gasteiger partial charge in [-0.3, -0.25) is 0 Å². The Hall–Kier alpha value is -0.120. The van der Waals surface area contributed by atoms with E-state index in [0.717, 1.165) is 25.8 Å². The fourth-order valence-corrected chi connectivity index (χ4v) is 1.91. The number of hydrogen-bond donors (Lipinski definition) is 2. The molecule has 0 aromatic carbocycles. The minimum atomic E-state index is -0.298. The number of hydrogen-bond acceptors (Lipinski definition) is 3. The number of rotatable bonds is 3. The zero-order valence-corrected chi connectivity index (χ0v) is 8.08. The summed E-state index contributed by atoms with van der Waals surface area (Å²) in [5.41, 5.74) is 5.67. The van der Waals surface area contributed by atoms with E-state index in [2.05, 4.69) is 18.9 Å². The quantitative estimate of drug-likeness (QED) is 0.638. The van der Waals surface area contributed by atoms with Crippen LogP contribution in [0.4, 0.5) is 0 Å². The van der Waals surface area contributed by atoms with Gasteiger partial charge in [0.1, 0.15) is 0 Å². The molecule has 0 spiro atoms. The van der Waals surface area contributed by atoms with E-state index in [0.29, 0.717) is 6.04 Å². The van der Waals surface area contributed by atoms with E-state index in [-0.39, 0.29) is 12.1 Å². The van der Waals surface area contributed by atoms with Crippen molar-refractivity contribution in [2.24, 2.45) is 5.73 Å². The van der Waals surface area contributed by atoms with Crippen LogP contribution >= 0.6 is 0 Å². The zero-order chi connectivity index (χ0) is 9.19. The Kier molecular flexibility index (Phi) is 3.09. The first-order chi connectivity index (χ1) is 5.61. The average Bonchev–Trinajstić information content (AvgIpc) is 2.48. The second-order valence-electron chi connectivity index (χ2n) is 3.99. The minimum Gasteiger partial charge on any atom is -0.394 e. The van der Waals surface area contributed by atoms with Crippen LogP contribution in [0.25, 0.3) is 0 Å². The van der Waals surface area contributed by atoms with Crippen molar-refractivity contribution < 1.29 is 5.11 Å². The van der Waals surface area contributed by atoms with Crippen LogP contribution < -0.4 is 5.73 Å². The molecular weight excluding hydrogens is 152 g/mol. The third kappa shape index (κ3) is 1.97. The largest absolute Gasteiger partial charge is 0.394 e. The fourth-order valence-electron chi connectivity index (χ4n) is 1.91. The lowest BCUT2D eigenvalue weighted by Crippen LogP contribution is -2.43. The maximum Gasteiger partial charge on any atom is 0.0611 e. The van der Waals surface area contributed by atoms with Gasteiger partial charge in [0.15, 0.2) is 0 Å². The molecule has 1 aliphatic carbocycles. The van der Waals surface area contributed by atoms with Gasteiger partial charge in [-0.05, 0) is 32.9 Å². The van der Waals surface area contributed by atoms with Gasteiger partial charge < -0.3 is 15.7 Å². The van der Waals surface area contributed by atoms with Gasteiger partial charge >= 0.3 is 0 Å². The van der Waals surface area contributed by atoms with Crippen LogP contribution in [0.3, 0.4) is 0 Å². The first-order valence-electron chi connectivity index (χ1n) is 4.71. The summed E-state index contributed by atoms with van der Waals surface area (Å²) in [4.78, 5) is 2.31. The van der Waals surface area contributed by atoms with Gasteiger partial charge in [0, 0.05) is 11.6 Å². The monoisotopic (exact) mass is 172 g/mol.